The Morgan fingerprint density at radius 1 is 1.24 bits per heavy atom. The highest BCUT2D eigenvalue weighted by Gasteiger charge is 2.37. The van der Waals surface area contributed by atoms with E-state index in [-0.39, 0.29) is 34.8 Å². The van der Waals surface area contributed by atoms with Crippen molar-refractivity contribution < 1.29 is 28.6 Å². The average molecular weight is 476 g/mol. The number of methoxy groups -OCH3 is 1. The van der Waals surface area contributed by atoms with Gasteiger partial charge in [0.25, 0.3) is 0 Å². The Balaban J connectivity index is 1.77. The SMILES string of the molecule is COc1c(N2C[C@H](NC(=O)OC(C)(C)C)[C@@H](C)C2)c(F)cc2c(=O)c(C(=O)O)cn(C3CC3)c12. The van der Waals surface area contributed by atoms with Gasteiger partial charge < -0.3 is 29.4 Å². The minimum Gasteiger partial charge on any atom is -0.492 e. The van der Waals surface area contributed by atoms with Crippen LogP contribution in [0.3, 0.4) is 0 Å². The molecule has 1 aliphatic heterocycles. The number of aromatic carboxylic acids is 1. The molecule has 0 unspecified atom stereocenters. The third kappa shape index (κ3) is 4.41. The molecule has 2 aromatic rings. The van der Waals surface area contributed by atoms with E-state index in [0.717, 1.165) is 18.9 Å². The normalized spacial score (nSPS) is 20.5. The summed E-state index contributed by atoms with van der Waals surface area (Å²) in [6, 6.07) is 0.835. The van der Waals surface area contributed by atoms with Crippen LogP contribution in [0.5, 0.6) is 5.75 Å². The number of hydrogen-bond acceptors (Lipinski definition) is 6. The van der Waals surface area contributed by atoms with Crippen molar-refractivity contribution in [2.45, 2.75) is 58.2 Å². The summed E-state index contributed by atoms with van der Waals surface area (Å²) in [5.41, 5.74) is -1.21. The first-order valence-corrected chi connectivity index (χ1v) is 11.3. The summed E-state index contributed by atoms with van der Waals surface area (Å²) in [5.74, 6) is -1.86. The molecule has 184 valence electrons. The molecule has 1 aromatic carbocycles. The maximum Gasteiger partial charge on any atom is 0.407 e. The van der Waals surface area contributed by atoms with Crippen molar-refractivity contribution in [3.05, 3.63) is 33.9 Å². The quantitative estimate of drug-likeness (QED) is 0.681. The molecule has 2 N–H and O–H groups in total. The van der Waals surface area contributed by atoms with E-state index < -0.39 is 34.5 Å². The second kappa shape index (κ2) is 8.48. The highest BCUT2D eigenvalue weighted by atomic mass is 19.1. The molecule has 9 nitrogen and oxygen atoms in total. The van der Waals surface area contributed by atoms with Crippen LogP contribution < -0.4 is 20.4 Å². The van der Waals surface area contributed by atoms with Crippen molar-refractivity contribution in [3.63, 3.8) is 0 Å². The highest BCUT2D eigenvalue weighted by Crippen LogP contribution is 2.44. The van der Waals surface area contributed by atoms with Crippen molar-refractivity contribution in [2.24, 2.45) is 5.92 Å². The first-order valence-electron chi connectivity index (χ1n) is 11.3. The number of ether oxygens (including phenoxy) is 2. The Hall–Kier alpha value is -3.30. The van der Waals surface area contributed by atoms with Crippen molar-refractivity contribution >= 4 is 28.7 Å². The van der Waals surface area contributed by atoms with Crippen LogP contribution in [0.2, 0.25) is 0 Å². The number of hydrogen-bond donors (Lipinski definition) is 2. The zero-order chi connectivity index (χ0) is 24.9. The van der Waals surface area contributed by atoms with Gasteiger partial charge in [0.1, 0.15) is 16.9 Å². The predicted octanol–water partition coefficient (Wildman–Crippen LogP) is 3.53. The number of carboxylic acid groups (broad SMARTS) is 1. The molecule has 0 spiro atoms. The minimum atomic E-state index is -1.35. The van der Waals surface area contributed by atoms with Gasteiger partial charge in [0.05, 0.1) is 24.1 Å². The molecule has 1 saturated heterocycles. The van der Waals surface area contributed by atoms with Gasteiger partial charge in [-0.15, -0.1) is 0 Å². The second-order valence-corrected chi connectivity index (χ2v) is 10.1. The summed E-state index contributed by atoms with van der Waals surface area (Å²) in [7, 11) is 1.40. The Morgan fingerprint density at radius 2 is 1.91 bits per heavy atom. The Kier molecular flexibility index (Phi) is 5.95. The van der Waals surface area contributed by atoms with Crippen molar-refractivity contribution in [3.8, 4) is 5.75 Å². The average Bonchev–Trinajstić information content (AvgIpc) is 3.50. The van der Waals surface area contributed by atoms with Gasteiger partial charge in [0, 0.05) is 25.3 Å². The number of aromatic nitrogens is 1. The van der Waals surface area contributed by atoms with E-state index >= 15 is 4.39 Å². The number of carbonyl (C=O) groups excluding carboxylic acids is 1. The molecule has 2 aliphatic rings. The van der Waals surface area contributed by atoms with Crippen LogP contribution in [-0.2, 0) is 4.74 Å². The van der Waals surface area contributed by atoms with E-state index in [0.29, 0.717) is 18.6 Å². The number of rotatable bonds is 5. The molecule has 34 heavy (non-hydrogen) atoms. The largest absolute Gasteiger partial charge is 0.492 e. The number of pyridine rings is 1. The smallest absolute Gasteiger partial charge is 0.407 e. The van der Waals surface area contributed by atoms with Gasteiger partial charge in [0.15, 0.2) is 11.6 Å². The molecule has 1 saturated carbocycles. The summed E-state index contributed by atoms with van der Waals surface area (Å²) in [4.78, 5) is 38.6. The van der Waals surface area contributed by atoms with Gasteiger partial charge in [-0.1, -0.05) is 6.92 Å². The van der Waals surface area contributed by atoms with Crippen molar-refractivity contribution in [1.82, 2.24) is 9.88 Å². The second-order valence-electron chi connectivity index (χ2n) is 10.1. The van der Waals surface area contributed by atoms with E-state index in [1.165, 1.54) is 13.3 Å². The summed E-state index contributed by atoms with van der Waals surface area (Å²) in [6.45, 7) is 8.05. The summed E-state index contributed by atoms with van der Waals surface area (Å²) in [6.07, 6.45) is 2.44. The molecule has 2 heterocycles. The lowest BCUT2D eigenvalue weighted by molar-refractivity contribution is 0.0499. The fourth-order valence-corrected chi connectivity index (χ4v) is 4.52. The summed E-state index contributed by atoms with van der Waals surface area (Å²) >= 11 is 0. The van der Waals surface area contributed by atoms with Crippen LogP contribution in [0.1, 0.15) is 56.9 Å². The van der Waals surface area contributed by atoms with E-state index in [1.54, 1.807) is 30.2 Å². The maximum absolute atomic E-state index is 15.5. The molecular weight excluding hydrogens is 445 g/mol. The van der Waals surface area contributed by atoms with Gasteiger partial charge in [0.2, 0.25) is 5.43 Å². The van der Waals surface area contributed by atoms with Crippen molar-refractivity contribution in [2.75, 3.05) is 25.1 Å². The van der Waals surface area contributed by atoms with Gasteiger partial charge in [-0.05, 0) is 45.6 Å². The van der Waals surface area contributed by atoms with Gasteiger partial charge in [-0.3, -0.25) is 4.79 Å². The number of nitrogens with one attached hydrogen (secondary N) is 1. The lowest BCUT2D eigenvalue weighted by Gasteiger charge is -2.25. The zero-order valence-electron chi connectivity index (χ0n) is 20.0. The third-order valence-corrected chi connectivity index (χ3v) is 6.20. The predicted molar refractivity (Wildman–Crippen MR) is 124 cm³/mol. The molecule has 1 aliphatic carbocycles. The highest BCUT2D eigenvalue weighted by molar-refractivity contribution is 5.97. The fourth-order valence-electron chi connectivity index (χ4n) is 4.52. The lowest BCUT2D eigenvalue weighted by atomic mass is 10.1. The molecule has 1 amide bonds. The summed E-state index contributed by atoms with van der Waals surface area (Å²) < 4.78 is 28.2. The Labute approximate surface area is 196 Å². The van der Waals surface area contributed by atoms with Gasteiger partial charge in [-0.25, -0.2) is 14.0 Å². The van der Waals surface area contributed by atoms with E-state index in [2.05, 4.69) is 5.32 Å². The molecule has 2 fully saturated rings. The lowest BCUT2D eigenvalue weighted by Crippen LogP contribution is -2.42. The summed E-state index contributed by atoms with van der Waals surface area (Å²) in [5, 5.41) is 12.3. The third-order valence-electron chi connectivity index (χ3n) is 6.20. The molecule has 0 radical (unpaired) electrons. The monoisotopic (exact) mass is 475 g/mol. The maximum atomic E-state index is 15.5. The number of alkyl carbamates (subject to hydrolysis) is 1. The van der Waals surface area contributed by atoms with E-state index in [9.17, 15) is 19.5 Å². The topological polar surface area (TPSA) is 110 Å². The zero-order valence-corrected chi connectivity index (χ0v) is 20.0. The minimum absolute atomic E-state index is 0.00710. The number of amides is 1. The van der Waals surface area contributed by atoms with Gasteiger partial charge in [-0.2, -0.15) is 0 Å². The van der Waals surface area contributed by atoms with E-state index in [4.69, 9.17) is 9.47 Å². The number of carboxylic acids is 1. The Morgan fingerprint density at radius 3 is 2.47 bits per heavy atom. The van der Waals surface area contributed by atoms with Crippen LogP contribution in [-0.4, -0.2) is 53.6 Å². The number of nitrogens with zero attached hydrogens (tertiary/aromatic N) is 2. The van der Waals surface area contributed by atoms with Crippen LogP contribution in [0, 0.1) is 11.7 Å². The van der Waals surface area contributed by atoms with Crippen LogP contribution in [0.4, 0.5) is 14.9 Å². The van der Waals surface area contributed by atoms with Crippen molar-refractivity contribution in [1.29, 1.82) is 0 Å². The molecular formula is C24H30FN3O6. The van der Waals surface area contributed by atoms with Crippen LogP contribution in [0.25, 0.3) is 10.9 Å². The number of halogens is 1. The number of carbonyl (C=O) groups is 2. The Bertz CT molecular complexity index is 1210. The molecule has 1 aromatic heterocycles. The van der Waals surface area contributed by atoms with E-state index in [1.807, 2.05) is 6.92 Å². The molecule has 4 rings (SSSR count). The number of anilines is 1. The molecule has 10 heteroatoms. The van der Waals surface area contributed by atoms with Gasteiger partial charge >= 0.3 is 12.1 Å². The fraction of sp³-hybridized carbons (Fsp3) is 0.542. The first kappa shape index (κ1) is 23.8. The number of fused-ring (bicyclic) bond motifs is 1. The first-order chi connectivity index (χ1) is 15.9. The molecule has 0 bridgehead atoms. The van der Waals surface area contributed by atoms with Crippen LogP contribution >= 0.6 is 0 Å². The standard InChI is InChI=1S/C24H30FN3O6/c1-12-9-27(11-17(12)26-23(32)34-24(2,3)4)19-16(25)8-14-18(21(19)33-5)28(13-6-7-13)10-15(20(14)29)22(30)31/h8,10,12-13,17H,6-7,9,11H2,1-5H3,(H,26,32)(H,30,31)/t12-,17-/m0/s1. The molecule has 2 atom stereocenters. The van der Waals surface area contributed by atoms with Crippen LogP contribution in [0.15, 0.2) is 17.1 Å². The number of benzene rings is 1.